The highest BCUT2D eigenvalue weighted by Gasteiger charge is 2.37. The number of amides is 1. The van der Waals surface area contributed by atoms with Crippen LogP contribution in [0.5, 0.6) is 11.5 Å². The molecular weight excluding hydrogens is 238 g/mol. The van der Waals surface area contributed by atoms with Crippen LogP contribution in [-0.4, -0.2) is 35.7 Å². The van der Waals surface area contributed by atoms with Crippen molar-refractivity contribution in [1.29, 1.82) is 0 Å². The average molecular weight is 251 g/mol. The first-order valence-corrected chi connectivity index (χ1v) is 5.40. The van der Waals surface area contributed by atoms with Gasteiger partial charge < -0.3 is 19.5 Å². The molecule has 0 aromatic heterocycles. The molecule has 1 aromatic carbocycles. The number of hydrogen-bond acceptors (Lipinski definition) is 5. The molecular formula is C12H13NO5. The molecule has 18 heavy (non-hydrogen) atoms. The van der Waals surface area contributed by atoms with Crippen LogP contribution >= 0.6 is 0 Å². The summed E-state index contributed by atoms with van der Waals surface area (Å²) >= 11 is 0. The van der Waals surface area contributed by atoms with Gasteiger partial charge in [-0.1, -0.05) is 0 Å². The Bertz CT molecular complexity index is 472. The summed E-state index contributed by atoms with van der Waals surface area (Å²) in [5.41, 5.74) is 0.543. The maximum Gasteiger partial charge on any atom is 0.295 e. The smallest absolute Gasteiger partial charge is 0.295 e. The van der Waals surface area contributed by atoms with Crippen LogP contribution in [0.1, 0.15) is 12.0 Å². The van der Waals surface area contributed by atoms with Gasteiger partial charge in [-0.05, 0) is 18.2 Å². The lowest BCUT2D eigenvalue weighted by Gasteiger charge is -2.38. The Balaban J connectivity index is 2.12. The van der Waals surface area contributed by atoms with E-state index in [0.717, 1.165) is 0 Å². The zero-order chi connectivity index (χ0) is 13.1. The van der Waals surface area contributed by atoms with Gasteiger partial charge in [0.2, 0.25) is 5.91 Å². The molecule has 1 aromatic rings. The standard InChI is InChI=1S/C12H13NO5/c1-17-9-2-3-10(15)8(4-9)6-13-11(16)5-12(13)18-7-14/h2-4,7,12,15H,5-6H2,1H3. The number of ether oxygens (including phenoxy) is 2. The fourth-order valence-electron chi connectivity index (χ4n) is 1.80. The number of carbonyl (C=O) groups is 2. The van der Waals surface area contributed by atoms with E-state index in [4.69, 9.17) is 9.47 Å². The molecule has 1 amide bonds. The second kappa shape index (κ2) is 4.95. The van der Waals surface area contributed by atoms with Crippen LogP contribution in [0.15, 0.2) is 18.2 Å². The Morgan fingerprint density at radius 2 is 2.33 bits per heavy atom. The summed E-state index contributed by atoms with van der Waals surface area (Å²) < 4.78 is 9.78. The van der Waals surface area contributed by atoms with Gasteiger partial charge in [0.05, 0.1) is 20.1 Å². The van der Waals surface area contributed by atoms with Gasteiger partial charge in [-0.15, -0.1) is 0 Å². The highest BCUT2D eigenvalue weighted by Crippen LogP contribution is 2.28. The predicted octanol–water partition coefficient (Wildman–Crippen LogP) is 0.632. The summed E-state index contributed by atoms with van der Waals surface area (Å²) in [4.78, 5) is 23.0. The molecule has 1 aliphatic rings. The van der Waals surface area contributed by atoms with E-state index >= 15 is 0 Å². The van der Waals surface area contributed by atoms with Crippen molar-refractivity contribution in [3.63, 3.8) is 0 Å². The number of phenolic OH excluding ortho intramolecular Hbond substituents is 1. The van der Waals surface area contributed by atoms with Crippen molar-refractivity contribution in [3.8, 4) is 11.5 Å². The summed E-state index contributed by atoms with van der Waals surface area (Å²) in [7, 11) is 1.52. The van der Waals surface area contributed by atoms with Gasteiger partial charge in [-0.25, -0.2) is 0 Å². The number of hydrogen-bond donors (Lipinski definition) is 1. The number of nitrogens with zero attached hydrogens (tertiary/aromatic N) is 1. The second-order valence-corrected chi connectivity index (χ2v) is 3.91. The average Bonchev–Trinajstić information content (AvgIpc) is 2.37. The van der Waals surface area contributed by atoms with Crippen LogP contribution in [0.4, 0.5) is 0 Å². The largest absolute Gasteiger partial charge is 0.508 e. The highest BCUT2D eigenvalue weighted by atomic mass is 16.5. The number of methoxy groups -OCH3 is 1. The van der Waals surface area contributed by atoms with Crippen molar-refractivity contribution >= 4 is 12.4 Å². The van der Waals surface area contributed by atoms with Crippen LogP contribution in [0.2, 0.25) is 0 Å². The van der Waals surface area contributed by atoms with Gasteiger partial charge in [0.25, 0.3) is 6.47 Å². The topological polar surface area (TPSA) is 76.1 Å². The number of rotatable bonds is 5. The Morgan fingerprint density at radius 3 is 2.94 bits per heavy atom. The van der Waals surface area contributed by atoms with Crippen molar-refractivity contribution in [2.45, 2.75) is 19.2 Å². The number of carbonyl (C=O) groups excluding carboxylic acids is 2. The van der Waals surface area contributed by atoms with Gasteiger partial charge in [0, 0.05) is 5.56 Å². The molecule has 1 fully saturated rings. The van der Waals surface area contributed by atoms with Crippen molar-refractivity contribution < 1.29 is 24.2 Å². The second-order valence-electron chi connectivity index (χ2n) is 3.91. The summed E-state index contributed by atoms with van der Waals surface area (Å²) in [5.74, 6) is 0.535. The predicted molar refractivity (Wildman–Crippen MR) is 60.8 cm³/mol. The SMILES string of the molecule is COc1ccc(O)c(CN2C(=O)CC2OC=O)c1. The van der Waals surface area contributed by atoms with Crippen molar-refractivity contribution in [1.82, 2.24) is 4.90 Å². The molecule has 1 heterocycles. The molecule has 1 atom stereocenters. The maximum atomic E-state index is 11.4. The lowest BCUT2D eigenvalue weighted by Crippen LogP contribution is -2.53. The van der Waals surface area contributed by atoms with E-state index in [0.29, 0.717) is 17.8 Å². The third-order valence-corrected chi connectivity index (χ3v) is 2.86. The van der Waals surface area contributed by atoms with Gasteiger partial charge in [-0.2, -0.15) is 0 Å². The fourth-order valence-corrected chi connectivity index (χ4v) is 1.80. The van der Waals surface area contributed by atoms with E-state index < -0.39 is 6.23 Å². The van der Waals surface area contributed by atoms with Gasteiger partial charge in [0.1, 0.15) is 11.5 Å². The first-order chi connectivity index (χ1) is 8.65. The quantitative estimate of drug-likeness (QED) is 0.613. The zero-order valence-electron chi connectivity index (χ0n) is 9.83. The Hall–Kier alpha value is -2.24. The van der Waals surface area contributed by atoms with Crippen LogP contribution in [0, 0.1) is 0 Å². The Kier molecular flexibility index (Phi) is 3.36. The fraction of sp³-hybridized carbons (Fsp3) is 0.333. The molecule has 0 radical (unpaired) electrons. The molecule has 1 saturated heterocycles. The molecule has 1 N–H and O–H groups in total. The van der Waals surface area contributed by atoms with Crippen LogP contribution in [0.3, 0.4) is 0 Å². The minimum atomic E-state index is -0.541. The van der Waals surface area contributed by atoms with Gasteiger partial charge >= 0.3 is 0 Å². The third kappa shape index (κ3) is 2.22. The van der Waals surface area contributed by atoms with Gasteiger partial charge in [0.15, 0.2) is 6.23 Å². The third-order valence-electron chi connectivity index (χ3n) is 2.86. The number of benzene rings is 1. The zero-order valence-corrected chi connectivity index (χ0v) is 9.83. The molecule has 6 heteroatoms. The highest BCUT2D eigenvalue weighted by molar-refractivity contribution is 5.82. The molecule has 1 aliphatic heterocycles. The molecule has 2 rings (SSSR count). The molecule has 1 unspecified atom stereocenters. The molecule has 0 bridgehead atoms. The first kappa shape index (κ1) is 12.2. The summed E-state index contributed by atoms with van der Waals surface area (Å²) in [6.45, 7) is 0.496. The van der Waals surface area contributed by atoms with E-state index in [2.05, 4.69) is 0 Å². The molecule has 96 valence electrons. The number of phenols is 1. The molecule has 6 nitrogen and oxygen atoms in total. The van der Waals surface area contributed by atoms with Crippen molar-refractivity contribution in [2.75, 3.05) is 7.11 Å². The summed E-state index contributed by atoms with van der Waals surface area (Å²) in [6, 6.07) is 4.75. The summed E-state index contributed by atoms with van der Waals surface area (Å²) in [6.07, 6.45) is -0.357. The van der Waals surface area contributed by atoms with Crippen LogP contribution in [-0.2, 0) is 20.9 Å². The number of aromatic hydroxyl groups is 1. The number of β-lactam (4-membered cyclic amide) rings is 1. The van der Waals surface area contributed by atoms with E-state index in [1.54, 1.807) is 12.1 Å². The Morgan fingerprint density at radius 1 is 1.56 bits per heavy atom. The normalized spacial score (nSPS) is 18.2. The van der Waals surface area contributed by atoms with E-state index in [1.807, 2.05) is 0 Å². The number of likely N-dealkylation sites (tertiary alicyclic amines) is 1. The van der Waals surface area contributed by atoms with Crippen LogP contribution < -0.4 is 4.74 Å². The minimum absolute atomic E-state index is 0.0698. The van der Waals surface area contributed by atoms with Crippen molar-refractivity contribution in [2.24, 2.45) is 0 Å². The lowest BCUT2D eigenvalue weighted by molar-refractivity contribution is -0.177. The summed E-state index contributed by atoms with van der Waals surface area (Å²) in [5, 5.41) is 9.70. The van der Waals surface area contributed by atoms with E-state index in [9.17, 15) is 14.7 Å². The maximum absolute atomic E-state index is 11.4. The van der Waals surface area contributed by atoms with Crippen molar-refractivity contribution in [3.05, 3.63) is 23.8 Å². The molecule has 0 aliphatic carbocycles. The molecule has 0 saturated carbocycles. The minimum Gasteiger partial charge on any atom is -0.508 e. The van der Waals surface area contributed by atoms with Crippen LogP contribution in [0.25, 0.3) is 0 Å². The lowest BCUT2D eigenvalue weighted by atomic mass is 10.1. The van der Waals surface area contributed by atoms with E-state index in [-0.39, 0.29) is 24.6 Å². The monoisotopic (exact) mass is 251 g/mol. The first-order valence-electron chi connectivity index (χ1n) is 5.40. The Labute approximate surface area is 104 Å². The molecule has 0 spiro atoms. The van der Waals surface area contributed by atoms with Gasteiger partial charge in [-0.3, -0.25) is 9.59 Å². The van der Waals surface area contributed by atoms with E-state index in [1.165, 1.54) is 18.1 Å².